The molecular weight excluding hydrogens is 248 g/mol. The van der Waals surface area contributed by atoms with E-state index in [0.29, 0.717) is 12.3 Å². The predicted octanol–water partition coefficient (Wildman–Crippen LogP) is 0.709. The molecule has 2 fully saturated rings. The summed E-state index contributed by atoms with van der Waals surface area (Å²) in [7, 11) is 0. The molecule has 104 valence electrons. The van der Waals surface area contributed by atoms with Gasteiger partial charge in [-0.2, -0.15) is 0 Å². The van der Waals surface area contributed by atoms with Crippen molar-refractivity contribution in [3.05, 3.63) is 11.4 Å². The van der Waals surface area contributed by atoms with Crippen molar-refractivity contribution >= 4 is 5.97 Å². The second-order valence-corrected chi connectivity index (χ2v) is 5.37. The molecule has 3 N–H and O–H groups in total. The lowest BCUT2D eigenvalue weighted by molar-refractivity contribution is -0.142. The highest BCUT2D eigenvalue weighted by Gasteiger charge is 2.43. The van der Waals surface area contributed by atoms with Gasteiger partial charge < -0.3 is 15.6 Å². The fraction of sp³-hybridized carbons (Fsp3) is 0.750. The van der Waals surface area contributed by atoms with Crippen LogP contribution < -0.4 is 5.73 Å². The van der Waals surface area contributed by atoms with Crippen molar-refractivity contribution in [2.75, 3.05) is 6.61 Å². The number of nitrogens with two attached hydrogens (primary N) is 1. The van der Waals surface area contributed by atoms with E-state index in [1.165, 1.54) is 6.42 Å². The topological polar surface area (TPSA) is 103 Å². The minimum absolute atomic E-state index is 0.00980. The summed E-state index contributed by atoms with van der Waals surface area (Å²) < 4.78 is 7.57. The van der Waals surface area contributed by atoms with E-state index in [-0.39, 0.29) is 23.9 Å². The van der Waals surface area contributed by atoms with Crippen molar-refractivity contribution in [1.82, 2.24) is 15.0 Å². The summed E-state index contributed by atoms with van der Waals surface area (Å²) in [4.78, 5) is 11.1. The molecule has 2 aliphatic rings. The van der Waals surface area contributed by atoms with E-state index in [1.54, 1.807) is 4.68 Å². The fourth-order valence-electron chi connectivity index (χ4n) is 3.09. The summed E-state index contributed by atoms with van der Waals surface area (Å²) in [6, 6.07) is 0.146. The van der Waals surface area contributed by atoms with Gasteiger partial charge >= 0.3 is 5.97 Å². The molecule has 1 atom stereocenters. The van der Waals surface area contributed by atoms with Gasteiger partial charge in [-0.25, -0.2) is 9.48 Å². The Hall–Kier alpha value is -1.47. The van der Waals surface area contributed by atoms with Crippen molar-refractivity contribution in [3.8, 4) is 0 Å². The van der Waals surface area contributed by atoms with E-state index >= 15 is 0 Å². The molecule has 7 nitrogen and oxygen atoms in total. The average molecular weight is 266 g/mol. The highest BCUT2D eigenvalue weighted by Crippen LogP contribution is 2.45. The van der Waals surface area contributed by atoms with Crippen LogP contribution in [0.2, 0.25) is 0 Å². The van der Waals surface area contributed by atoms with E-state index < -0.39 is 5.97 Å². The van der Waals surface area contributed by atoms with Crippen LogP contribution in [0.4, 0.5) is 0 Å². The highest BCUT2D eigenvalue weighted by atomic mass is 16.5. The zero-order valence-electron chi connectivity index (χ0n) is 10.7. The number of hydrogen-bond acceptors (Lipinski definition) is 5. The summed E-state index contributed by atoms with van der Waals surface area (Å²) in [5.41, 5.74) is 6.13. The van der Waals surface area contributed by atoms with E-state index in [0.717, 1.165) is 25.7 Å². The van der Waals surface area contributed by atoms with E-state index in [4.69, 9.17) is 15.6 Å². The van der Waals surface area contributed by atoms with Gasteiger partial charge in [0, 0.05) is 13.2 Å². The van der Waals surface area contributed by atoms with Gasteiger partial charge in [0.2, 0.25) is 0 Å². The first kappa shape index (κ1) is 12.6. The number of ether oxygens (including phenoxy) is 1. The van der Waals surface area contributed by atoms with Gasteiger partial charge in [-0.1, -0.05) is 5.21 Å². The normalized spacial score (nSPS) is 25.2. The molecule has 0 amide bonds. The van der Waals surface area contributed by atoms with Crippen LogP contribution in [-0.4, -0.2) is 38.3 Å². The Kier molecular flexibility index (Phi) is 3.02. The average Bonchev–Trinajstić information content (AvgIpc) is 2.81. The SMILES string of the molecule is NCc1c(C(=O)O)nnn1C1CCOC2(CCC2)C1. The smallest absolute Gasteiger partial charge is 0.358 e. The largest absolute Gasteiger partial charge is 0.476 e. The molecular formula is C12H18N4O3. The number of carbonyl (C=O) groups is 1. The zero-order chi connectivity index (χ0) is 13.5. The van der Waals surface area contributed by atoms with Gasteiger partial charge in [-0.05, 0) is 32.1 Å². The maximum absolute atomic E-state index is 11.1. The Balaban J connectivity index is 1.87. The molecule has 7 heteroatoms. The number of carboxylic acids is 1. The second-order valence-electron chi connectivity index (χ2n) is 5.37. The Morgan fingerprint density at radius 3 is 2.95 bits per heavy atom. The molecule has 0 bridgehead atoms. The van der Waals surface area contributed by atoms with Crippen molar-refractivity contribution in [1.29, 1.82) is 0 Å². The quantitative estimate of drug-likeness (QED) is 0.835. The van der Waals surface area contributed by atoms with Crippen LogP contribution in [0.1, 0.15) is 54.3 Å². The molecule has 1 unspecified atom stereocenters. The summed E-state index contributed by atoms with van der Waals surface area (Å²) in [5.74, 6) is -1.07. The lowest BCUT2D eigenvalue weighted by atomic mass is 9.74. The number of carboxylic acid groups (broad SMARTS) is 1. The summed E-state index contributed by atoms with van der Waals surface area (Å²) >= 11 is 0. The monoisotopic (exact) mass is 266 g/mol. The van der Waals surface area contributed by atoms with Crippen LogP contribution in [0.3, 0.4) is 0 Å². The second kappa shape index (κ2) is 4.57. The van der Waals surface area contributed by atoms with E-state index in [1.807, 2.05) is 0 Å². The van der Waals surface area contributed by atoms with Gasteiger partial charge in [-0.3, -0.25) is 0 Å². The predicted molar refractivity (Wildman–Crippen MR) is 65.7 cm³/mol. The number of aromatic carboxylic acids is 1. The van der Waals surface area contributed by atoms with Gasteiger partial charge in [-0.15, -0.1) is 5.10 Å². The summed E-state index contributed by atoms with van der Waals surface area (Å²) in [5, 5.41) is 16.8. The molecule has 0 aromatic carbocycles. The zero-order valence-corrected chi connectivity index (χ0v) is 10.7. The molecule has 1 spiro atoms. The molecule has 1 aliphatic heterocycles. The highest BCUT2D eigenvalue weighted by molar-refractivity contribution is 5.86. The number of aromatic nitrogens is 3. The first-order valence-corrected chi connectivity index (χ1v) is 6.66. The molecule has 0 radical (unpaired) electrons. The molecule has 1 saturated heterocycles. The van der Waals surface area contributed by atoms with Crippen molar-refractivity contribution in [2.45, 2.75) is 50.3 Å². The van der Waals surface area contributed by atoms with Gasteiger partial charge in [0.1, 0.15) is 0 Å². The first-order valence-electron chi connectivity index (χ1n) is 6.66. The van der Waals surface area contributed by atoms with Crippen molar-refractivity contribution in [2.24, 2.45) is 5.73 Å². The Morgan fingerprint density at radius 2 is 2.37 bits per heavy atom. The van der Waals surface area contributed by atoms with Crippen LogP contribution >= 0.6 is 0 Å². The molecule has 1 saturated carbocycles. The third kappa shape index (κ3) is 2.02. The Labute approximate surface area is 110 Å². The van der Waals surface area contributed by atoms with Crippen LogP contribution in [0, 0.1) is 0 Å². The third-order valence-corrected chi connectivity index (χ3v) is 4.26. The molecule has 19 heavy (non-hydrogen) atoms. The number of hydrogen-bond donors (Lipinski definition) is 2. The molecule has 2 heterocycles. The molecule has 1 aromatic rings. The fourth-order valence-corrected chi connectivity index (χ4v) is 3.09. The third-order valence-electron chi connectivity index (χ3n) is 4.26. The first-order chi connectivity index (χ1) is 9.15. The molecule has 1 aliphatic carbocycles. The minimum atomic E-state index is -1.07. The van der Waals surface area contributed by atoms with E-state index in [2.05, 4.69) is 10.3 Å². The van der Waals surface area contributed by atoms with E-state index in [9.17, 15) is 4.79 Å². The maximum Gasteiger partial charge on any atom is 0.358 e. The minimum Gasteiger partial charge on any atom is -0.476 e. The summed E-state index contributed by atoms with van der Waals surface area (Å²) in [6.45, 7) is 0.829. The standard InChI is InChI=1S/C12H18N4O3/c13-7-9-10(11(17)18)14-15-16(9)8-2-5-19-12(6-8)3-1-4-12/h8H,1-7,13H2,(H,17,18). The van der Waals surface area contributed by atoms with Crippen LogP contribution in [0.25, 0.3) is 0 Å². The van der Waals surface area contributed by atoms with Crippen LogP contribution in [0.5, 0.6) is 0 Å². The van der Waals surface area contributed by atoms with Crippen molar-refractivity contribution < 1.29 is 14.6 Å². The Bertz CT molecular complexity index is 495. The Morgan fingerprint density at radius 1 is 1.58 bits per heavy atom. The van der Waals surface area contributed by atoms with Gasteiger partial charge in [0.25, 0.3) is 0 Å². The van der Waals surface area contributed by atoms with Crippen molar-refractivity contribution in [3.63, 3.8) is 0 Å². The lowest BCUT2D eigenvalue weighted by Crippen LogP contribution is -2.46. The summed E-state index contributed by atoms with van der Waals surface area (Å²) in [6.07, 6.45) is 5.08. The van der Waals surface area contributed by atoms with Gasteiger partial charge in [0.05, 0.1) is 17.3 Å². The molecule has 3 rings (SSSR count). The molecule has 1 aromatic heterocycles. The number of nitrogens with zero attached hydrogens (tertiary/aromatic N) is 3. The van der Waals surface area contributed by atoms with Crippen LogP contribution in [0.15, 0.2) is 0 Å². The van der Waals surface area contributed by atoms with Gasteiger partial charge in [0.15, 0.2) is 5.69 Å². The maximum atomic E-state index is 11.1. The number of rotatable bonds is 3. The lowest BCUT2D eigenvalue weighted by Gasteiger charge is -2.47. The van der Waals surface area contributed by atoms with Crippen LogP contribution in [-0.2, 0) is 11.3 Å².